The van der Waals surface area contributed by atoms with Gasteiger partial charge in [-0.2, -0.15) is 10.5 Å². The van der Waals surface area contributed by atoms with Crippen LogP contribution in [0.5, 0.6) is 0 Å². The second-order valence-electron chi connectivity index (χ2n) is 6.58. The Morgan fingerprint density at radius 2 is 1.81 bits per heavy atom. The SMILES string of the molecule is CCC1C(C#N)C(Cl)NC(SCc2ccc(N(C)S(C)(=O)=O)cc2)C1C#N. The second-order valence-corrected chi connectivity index (χ2v) is 10.2. The van der Waals surface area contributed by atoms with E-state index in [1.165, 1.54) is 11.4 Å². The van der Waals surface area contributed by atoms with Crippen LogP contribution in [0, 0.1) is 40.4 Å². The lowest BCUT2D eigenvalue weighted by Crippen LogP contribution is -2.52. The van der Waals surface area contributed by atoms with Gasteiger partial charge in [0.15, 0.2) is 0 Å². The molecule has 0 aliphatic carbocycles. The maximum atomic E-state index is 11.6. The second kappa shape index (κ2) is 9.16. The summed E-state index contributed by atoms with van der Waals surface area (Å²) >= 11 is 7.91. The average Bonchev–Trinajstić information content (AvgIpc) is 2.64. The number of hydrogen-bond donors (Lipinski definition) is 1. The summed E-state index contributed by atoms with van der Waals surface area (Å²) in [5, 5.41) is 22.0. The van der Waals surface area contributed by atoms with E-state index in [2.05, 4.69) is 17.5 Å². The van der Waals surface area contributed by atoms with E-state index >= 15 is 0 Å². The molecule has 1 aliphatic rings. The smallest absolute Gasteiger partial charge is 0.231 e. The zero-order valence-electron chi connectivity index (χ0n) is 15.5. The van der Waals surface area contributed by atoms with Gasteiger partial charge in [-0.1, -0.05) is 25.5 Å². The molecule has 6 nitrogen and oxygen atoms in total. The van der Waals surface area contributed by atoms with Gasteiger partial charge in [0, 0.05) is 12.8 Å². The third-order valence-corrected chi connectivity index (χ3v) is 7.78. The van der Waals surface area contributed by atoms with Crippen LogP contribution in [0.25, 0.3) is 0 Å². The van der Waals surface area contributed by atoms with Gasteiger partial charge in [0.2, 0.25) is 10.0 Å². The predicted octanol–water partition coefficient (Wildman–Crippen LogP) is 3.12. The van der Waals surface area contributed by atoms with Gasteiger partial charge in [-0.3, -0.25) is 9.62 Å². The van der Waals surface area contributed by atoms with Crippen molar-refractivity contribution in [1.29, 1.82) is 10.5 Å². The van der Waals surface area contributed by atoms with E-state index in [9.17, 15) is 18.9 Å². The van der Waals surface area contributed by atoms with Crippen LogP contribution in [0.4, 0.5) is 5.69 Å². The number of halogens is 1. The van der Waals surface area contributed by atoms with Crippen molar-refractivity contribution in [3.05, 3.63) is 29.8 Å². The molecule has 5 atom stereocenters. The van der Waals surface area contributed by atoms with Crippen molar-refractivity contribution in [2.75, 3.05) is 17.6 Å². The molecule has 0 bridgehead atoms. The van der Waals surface area contributed by atoms with Crippen LogP contribution in [0.15, 0.2) is 24.3 Å². The molecule has 1 aliphatic heterocycles. The number of thioether (sulfide) groups is 1. The molecule has 0 spiro atoms. The van der Waals surface area contributed by atoms with Gasteiger partial charge in [-0.15, -0.1) is 23.4 Å². The van der Waals surface area contributed by atoms with Crippen LogP contribution in [-0.4, -0.2) is 32.6 Å². The van der Waals surface area contributed by atoms with Crippen molar-refractivity contribution in [3.63, 3.8) is 0 Å². The van der Waals surface area contributed by atoms with E-state index in [1.807, 2.05) is 19.1 Å². The van der Waals surface area contributed by atoms with Crippen LogP contribution in [-0.2, 0) is 15.8 Å². The minimum absolute atomic E-state index is 0.0629. The van der Waals surface area contributed by atoms with Crippen molar-refractivity contribution < 1.29 is 8.42 Å². The molecule has 0 aromatic heterocycles. The van der Waals surface area contributed by atoms with E-state index in [-0.39, 0.29) is 23.1 Å². The van der Waals surface area contributed by atoms with E-state index < -0.39 is 15.5 Å². The molecule has 1 fully saturated rings. The summed E-state index contributed by atoms with van der Waals surface area (Å²) in [6.45, 7) is 1.98. The standard InChI is InChI=1S/C18H23ClN4O2S2/c1-4-14-15(9-20)17(19)22-18(16(14)10-21)26-11-12-5-7-13(8-6-12)23(2)27(3,24)25/h5-8,14-18,22H,4,11H2,1-3H3. The van der Waals surface area contributed by atoms with Gasteiger partial charge in [0.05, 0.1) is 46.8 Å². The first-order valence-corrected chi connectivity index (χ1v) is 11.9. The lowest BCUT2D eigenvalue weighted by molar-refractivity contribution is 0.212. The third-order valence-electron chi connectivity index (χ3n) is 4.88. The number of rotatable bonds is 6. The molecule has 1 saturated heterocycles. The summed E-state index contributed by atoms with van der Waals surface area (Å²) < 4.78 is 24.4. The largest absolute Gasteiger partial charge is 0.287 e. The fourth-order valence-corrected chi connectivity index (χ4v) is 5.43. The van der Waals surface area contributed by atoms with Gasteiger partial charge in [0.1, 0.15) is 0 Å². The number of nitriles is 2. The zero-order chi connectivity index (χ0) is 20.2. The molecule has 0 amide bonds. The Morgan fingerprint density at radius 3 is 2.30 bits per heavy atom. The molecule has 1 aromatic rings. The van der Waals surface area contributed by atoms with Crippen molar-refractivity contribution in [2.24, 2.45) is 17.8 Å². The molecule has 0 saturated carbocycles. The molecule has 1 heterocycles. The molecule has 1 aromatic carbocycles. The summed E-state index contributed by atoms with van der Waals surface area (Å²) in [5.74, 6) is -0.0954. The van der Waals surface area contributed by atoms with Gasteiger partial charge in [-0.05, 0) is 23.6 Å². The Hall–Kier alpha value is -1.45. The normalized spacial score (nSPS) is 28.1. The maximum Gasteiger partial charge on any atom is 0.231 e. The highest BCUT2D eigenvalue weighted by Gasteiger charge is 2.43. The topological polar surface area (TPSA) is 97.0 Å². The number of nitrogens with zero attached hydrogens (tertiary/aromatic N) is 3. The number of piperidine rings is 1. The van der Waals surface area contributed by atoms with Crippen LogP contribution in [0.1, 0.15) is 18.9 Å². The lowest BCUT2D eigenvalue weighted by Gasteiger charge is -2.40. The molecular formula is C18H23ClN4O2S2. The summed E-state index contributed by atoms with van der Waals surface area (Å²) in [4.78, 5) is 0. The number of nitrogens with one attached hydrogen (secondary N) is 1. The fraction of sp³-hybridized carbons (Fsp3) is 0.556. The minimum Gasteiger partial charge on any atom is -0.287 e. The molecule has 9 heteroatoms. The van der Waals surface area contributed by atoms with Gasteiger partial charge in [-0.25, -0.2) is 8.42 Å². The van der Waals surface area contributed by atoms with E-state index in [1.54, 1.807) is 23.9 Å². The Bertz CT molecular complexity index is 832. The Balaban J connectivity index is 2.07. The van der Waals surface area contributed by atoms with Gasteiger partial charge >= 0.3 is 0 Å². The highest BCUT2D eigenvalue weighted by Crippen LogP contribution is 2.39. The third kappa shape index (κ3) is 5.08. The monoisotopic (exact) mass is 426 g/mol. The van der Waals surface area contributed by atoms with Gasteiger partial charge < -0.3 is 0 Å². The molecule has 1 N–H and O–H groups in total. The van der Waals surface area contributed by atoms with Crippen LogP contribution >= 0.6 is 23.4 Å². The number of anilines is 1. The van der Waals surface area contributed by atoms with Crippen molar-refractivity contribution in [2.45, 2.75) is 30.0 Å². The van der Waals surface area contributed by atoms with Crippen LogP contribution in [0.3, 0.4) is 0 Å². The first kappa shape index (κ1) is 21.8. The first-order valence-electron chi connectivity index (χ1n) is 8.56. The van der Waals surface area contributed by atoms with Crippen LogP contribution in [0.2, 0.25) is 0 Å². The average molecular weight is 427 g/mol. The molecule has 27 heavy (non-hydrogen) atoms. The summed E-state index contributed by atoms with van der Waals surface area (Å²) in [6.07, 6.45) is 1.89. The van der Waals surface area contributed by atoms with E-state index in [0.29, 0.717) is 11.4 Å². The molecule has 2 rings (SSSR count). The molecule has 0 radical (unpaired) electrons. The summed E-state index contributed by atoms with van der Waals surface area (Å²) in [5.41, 5.74) is 1.14. The minimum atomic E-state index is -3.29. The van der Waals surface area contributed by atoms with E-state index in [0.717, 1.165) is 18.2 Å². The summed E-state index contributed by atoms with van der Waals surface area (Å²) in [6, 6.07) is 11.9. The lowest BCUT2D eigenvalue weighted by atomic mass is 9.78. The number of benzene rings is 1. The molecular weight excluding hydrogens is 404 g/mol. The highest BCUT2D eigenvalue weighted by molar-refractivity contribution is 7.99. The predicted molar refractivity (Wildman–Crippen MR) is 110 cm³/mol. The van der Waals surface area contributed by atoms with Crippen molar-refractivity contribution in [1.82, 2.24) is 5.32 Å². The number of hydrogen-bond acceptors (Lipinski definition) is 6. The van der Waals surface area contributed by atoms with Crippen LogP contribution < -0.4 is 9.62 Å². The molecule has 146 valence electrons. The van der Waals surface area contributed by atoms with Crippen molar-refractivity contribution >= 4 is 39.1 Å². The highest BCUT2D eigenvalue weighted by atomic mass is 35.5. The van der Waals surface area contributed by atoms with Crippen molar-refractivity contribution in [3.8, 4) is 12.1 Å². The number of alkyl halides is 1. The van der Waals surface area contributed by atoms with E-state index in [4.69, 9.17) is 11.6 Å². The maximum absolute atomic E-state index is 11.6. The van der Waals surface area contributed by atoms with Gasteiger partial charge in [0.25, 0.3) is 0 Å². The summed E-state index contributed by atoms with van der Waals surface area (Å²) in [7, 11) is -1.78. The molecule has 5 unspecified atom stereocenters. The number of sulfonamides is 1. The Labute approximate surface area is 170 Å². The fourth-order valence-electron chi connectivity index (χ4n) is 3.19. The quantitative estimate of drug-likeness (QED) is 0.554. The Morgan fingerprint density at radius 1 is 1.22 bits per heavy atom. The first-order chi connectivity index (χ1) is 12.7. The Kier molecular flexibility index (Phi) is 7.41. The zero-order valence-corrected chi connectivity index (χ0v) is 17.9.